The molecule has 6 heteroatoms. The Morgan fingerprint density at radius 2 is 2.25 bits per heavy atom. The van der Waals surface area contributed by atoms with Gasteiger partial charge in [-0.15, -0.1) is 0 Å². The quantitative estimate of drug-likeness (QED) is 0.626. The van der Waals surface area contributed by atoms with E-state index in [1.54, 1.807) is 6.92 Å². The fraction of sp³-hybridized carbons (Fsp3) is 0.800. The van der Waals surface area contributed by atoms with Crippen LogP contribution >= 0.6 is 0 Å². The predicted molar refractivity (Wildman–Crippen MR) is 56.0 cm³/mol. The molecule has 0 aromatic carbocycles. The number of piperidine rings is 1. The first-order chi connectivity index (χ1) is 7.61. The van der Waals surface area contributed by atoms with Crippen LogP contribution < -0.4 is 5.32 Å². The van der Waals surface area contributed by atoms with Crippen molar-refractivity contribution in [3.05, 3.63) is 0 Å². The molecule has 1 aliphatic heterocycles. The van der Waals surface area contributed by atoms with Crippen LogP contribution in [0.1, 0.15) is 19.8 Å². The minimum absolute atomic E-state index is 0.0145. The molecule has 0 aromatic heterocycles. The van der Waals surface area contributed by atoms with E-state index in [9.17, 15) is 9.59 Å². The van der Waals surface area contributed by atoms with Crippen LogP contribution in [0.5, 0.6) is 0 Å². The molecule has 16 heavy (non-hydrogen) atoms. The van der Waals surface area contributed by atoms with Gasteiger partial charge in [0.15, 0.2) is 0 Å². The second-order valence-corrected chi connectivity index (χ2v) is 3.96. The number of carbonyl (C=O) groups excluding carboxylic acids is 2. The standard InChI is InChI=1S/C10H18N2O4/c1-8(6-13)11-10(14)7-16-9-2-4-12(15)5-3-9/h6,8-9,15H,2-5,7H2,1H3,(H,11,14). The maximum atomic E-state index is 11.3. The Labute approximate surface area is 94.5 Å². The molecule has 0 aliphatic carbocycles. The van der Waals surface area contributed by atoms with Crippen LogP contribution in [0.15, 0.2) is 0 Å². The lowest BCUT2D eigenvalue weighted by Crippen LogP contribution is -2.39. The molecule has 0 radical (unpaired) electrons. The second-order valence-electron chi connectivity index (χ2n) is 3.96. The van der Waals surface area contributed by atoms with E-state index in [0.717, 1.165) is 0 Å². The summed E-state index contributed by atoms with van der Waals surface area (Å²) in [7, 11) is 0. The highest BCUT2D eigenvalue weighted by molar-refractivity contribution is 5.80. The average molecular weight is 230 g/mol. The van der Waals surface area contributed by atoms with Gasteiger partial charge in [-0.3, -0.25) is 4.79 Å². The summed E-state index contributed by atoms with van der Waals surface area (Å²) in [5.74, 6) is -0.286. The number of rotatable bonds is 5. The Morgan fingerprint density at radius 3 is 2.81 bits per heavy atom. The van der Waals surface area contributed by atoms with Crippen LogP contribution in [0, 0.1) is 0 Å². The number of aldehydes is 1. The molecule has 1 atom stereocenters. The Hall–Kier alpha value is -0.980. The minimum Gasteiger partial charge on any atom is -0.368 e. The molecule has 6 nitrogen and oxygen atoms in total. The molecule has 1 saturated heterocycles. The maximum Gasteiger partial charge on any atom is 0.246 e. The number of carbonyl (C=O) groups is 2. The zero-order valence-electron chi connectivity index (χ0n) is 9.39. The molecule has 1 fully saturated rings. The van der Waals surface area contributed by atoms with Gasteiger partial charge in [0.2, 0.25) is 5.91 Å². The van der Waals surface area contributed by atoms with Gasteiger partial charge in [0.25, 0.3) is 0 Å². The number of hydrogen-bond acceptors (Lipinski definition) is 5. The van der Waals surface area contributed by atoms with Crippen molar-refractivity contribution >= 4 is 12.2 Å². The van der Waals surface area contributed by atoms with Gasteiger partial charge in [-0.1, -0.05) is 0 Å². The van der Waals surface area contributed by atoms with Crippen LogP contribution in [-0.4, -0.2) is 54.3 Å². The monoisotopic (exact) mass is 230 g/mol. The average Bonchev–Trinajstić information content (AvgIpc) is 2.28. The van der Waals surface area contributed by atoms with Crippen LogP contribution in [0.3, 0.4) is 0 Å². The number of hydrogen-bond donors (Lipinski definition) is 2. The van der Waals surface area contributed by atoms with Crippen molar-refractivity contribution in [1.29, 1.82) is 0 Å². The van der Waals surface area contributed by atoms with Gasteiger partial charge in [-0.25, -0.2) is 0 Å². The molecule has 0 saturated carbocycles. The highest BCUT2D eigenvalue weighted by Gasteiger charge is 2.19. The van der Waals surface area contributed by atoms with Crippen molar-refractivity contribution in [2.24, 2.45) is 0 Å². The third kappa shape index (κ3) is 4.69. The third-order valence-electron chi connectivity index (χ3n) is 2.46. The zero-order chi connectivity index (χ0) is 12.0. The van der Waals surface area contributed by atoms with Crippen LogP contribution in [0.2, 0.25) is 0 Å². The Bertz CT molecular complexity index is 239. The molecule has 0 spiro atoms. The van der Waals surface area contributed by atoms with E-state index in [2.05, 4.69) is 5.32 Å². The molecule has 1 heterocycles. The number of nitrogens with zero attached hydrogens (tertiary/aromatic N) is 1. The van der Waals surface area contributed by atoms with E-state index >= 15 is 0 Å². The third-order valence-corrected chi connectivity index (χ3v) is 2.46. The van der Waals surface area contributed by atoms with Crippen LogP contribution in [-0.2, 0) is 14.3 Å². The van der Waals surface area contributed by atoms with E-state index in [1.165, 1.54) is 5.06 Å². The lowest BCUT2D eigenvalue weighted by molar-refractivity contribution is -0.141. The molecular weight excluding hydrogens is 212 g/mol. The number of hydroxylamine groups is 2. The van der Waals surface area contributed by atoms with E-state index in [-0.39, 0.29) is 18.6 Å². The van der Waals surface area contributed by atoms with Crippen molar-refractivity contribution in [2.45, 2.75) is 31.9 Å². The lowest BCUT2D eigenvalue weighted by Gasteiger charge is -2.27. The minimum atomic E-state index is -0.476. The summed E-state index contributed by atoms with van der Waals surface area (Å²) in [5, 5.41) is 12.8. The molecular formula is C10H18N2O4. The van der Waals surface area contributed by atoms with E-state index in [0.29, 0.717) is 32.2 Å². The molecule has 92 valence electrons. The SMILES string of the molecule is CC(C=O)NC(=O)COC1CCN(O)CC1. The van der Waals surface area contributed by atoms with Crippen molar-refractivity contribution in [1.82, 2.24) is 10.4 Å². The summed E-state index contributed by atoms with van der Waals surface area (Å²) in [4.78, 5) is 21.6. The van der Waals surface area contributed by atoms with E-state index in [1.807, 2.05) is 0 Å². The summed E-state index contributed by atoms with van der Waals surface area (Å²) < 4.78 is 5.37. The Balaban J connectivity index is 2.14. The van der Waals surface area contributed by atoms with E-state index < -0.39 is 6.04 Å². The summed E-state index contributed by atoms with van der Waals surface area (Å²) in [6, 6.07) is -0.476. The van der Waals surface area contributed by atoms with Gasteiger partial charge >= 0.3 is 0 Å². The first-order valence-electron chi connectivity index (χ1n) is 5.42. The summed E-state index contributed by atoms with van der Waals surface area (Å²) in [5.41, 5.74) is 0. The van der Waals surface area contributed by atoms with Gasteiger partial charge in [-0.05, 0) is 19.8 Å². The van der Waals surface area contributed by atoms with Crippen LogP contribution in [0.25, 0.3) is 0 Å². The highest BCUT2D eigenvalue weighted by atomic mass is 16.5. The highest BCUT2D eigenvalue weighted by Crippen LogP contribution is 2.11. The van der Waals surface area contributed by atoms with Gasteiger partial charge in [0.05, 0.1) is 12.1 Å². The molecule has 0 aromatic rings. The smallest absolute Gasteiger partial charge is 0.246 e. The Morgan fingerprint density at radius 1 is 1.62 bits per heavy atom. The van der Waals surface area contributed by atoms with Gasteiger partial charge < -0.3 is 20.1 Å². The fourth-order valence-electron chi connectivity index (χ4n) is 1.53. The molecule has 1 amide bonds. The predicted octanol–water partition coefficient (Wildman–Crippen LogP) is -0.440. The Kier molecular flexibility index (Phi) is 5.37. The van der Waals surface area contributed by atoms with Gasteiger partial charge in [0.1, 0.15) is 12.9 Å². The van der Waals surface area contributed by atoms with Crippen molar-refractivity contribution in [3.63, 3.8) is 0 Å². The molecule has 1 aliphatic rings. The first kappa shape index (κ1) is 13.1. The number of nitrogens with one attached hydrogen (secondary N) is 1. The first-order valence-corrected chi connectivity index (χ1v) is 5.42. The number of amides is 1. The van der Waals surface area contributed by atoms with Gasteiger partial charge in [0, 0.05) is 13.1 Å². The summed E-state index contributed by atoms with van der Waals surface area (Å²) in [6.07, 6.45) is 2.11. The summed E-state index contributed by atoms with van der Waals surface area (Å²) >= 11 is 0. The second kappa shape index (κ2) is 6.57. The molecule has 1 rings (SSSR count). The van der Waals surface area contributed by atoms with Crippen molar-refractivity contribution < 1.29 is 19.5 Å². The topological polar surface area (TPSA) is 78.9 Å². The van der Waals surface area contributed by atoms with Crippen molar-refractivity contribution in [2.75, 3.05) is 19.7 Å². The lowest BCUT2D eigenvalue weighted by atomic mass is 10.1. The largest absolute Gasteiger partial charge is 0.368 e. The fourth-order valence-corrected chi connectivity index (χ4v) is 1.53. The maximum absolute atomic E-state index is 11.3. The van der Waals surface area contributed by atoms with Gasteiger partial charge in [-0.2, -0.15) is 5.06 Å². The molecule has 1 unspecified atom stereocenters. The zero-order valence-corrected chi connectivity index (χ0v) is 9.39. The summed E-state index contributed by atoms with van der Waals surface area (Å²) in [6.45, 7) is 2.71. The normalized spacial score (nSPS) is 20.4. The number of ether oxygens (including phenoxy) is 1. The van der Waals surface area contributed by atoms with E-state index in [4.69, 9.17) is 9.94 Å². The molecule has 0 bridgehead atoms. The van der Waals surface area contributed by atoms with Crippen LogP contribution in [0.4, 0.5) is 0 Å². The van der Waals surface area contributed by atoms with Crippen molar-refractivity contribution in [3.8, 4) is 0 Å². The molecule has 2 N–H and O–H groups in total.